The molecule has 3 heterocycles. The van der Waals surface area contributed by atoms with Crippen molar-refractivity contribution >= 4 is 47.7 Å². The van der Waals surface area contributed by atoms with Gasteiger partial charge in [0, 0.05) is 25.9 Å². The largest absolute Gasteiger partial charge is 0.455 e. The highest BCUT2D eigenvalue weighted by Crippen LogP contribution is 2.45. The third-order valence-electron chi connectivity index (χ3n) is 11.2. The van der Waals surface area contributed by atoms with Crippen molar-refractivity contribution in [3.8, 4) is 0 Å². The number of hydrogen-bond acceptors (Lipinski definition) is 10. The quantitative estimate of drug-likeness (QED) is 0.0750. The van der Waals surface area contributed by atoms with Gasteiger partial charge in [-0.1, -0.05) is 156 Å². The van der Waals surface area contributed by atoms with E-state index in [0.29, 0.717) is 0 Å². The summed E-state index contributed by atoms with van der Waals surface area (Å²) < 4.78 is 36.0. The SMILES string of the molecule is CC(=O)O[C@H]1C(OCc2ccccc2)[C@@](CCO[Si](c2ccccc2)(c2ccccc2)C(C)(C)C)(COCc2ccccc2)O[C@H]1n1cnc2c(=O)[nH]c(NC(=O)C(C)C)nc21. The average Bonchev–Trinajstić information content (AvgIpc) is 3.81. The van der Waals surface area contributed by atoms with Gasteiger partial charge in [0.2, 0.25) is 11.9 Å². The van der Waals surface area contributed by atoms with Gasteiger partial charge in [-0.2, -0.15) is 4.98 Å². The third kappa shape index (κ3) is 9.49. The summed E-state index contributed by atoms with van der Waals surface area (Å²) in [5, 5.41) is 4.61. The summed E-state index contributed by atoms with van der Waals surface area (Å²) in [6.45, 7) is 12.1. The highest BCUT2D eigenvalue weighted by molar-refractivity contribution is 6.99. The zero-order chi connectivity index (χ0) is 43.9. The van der Waals surface area contributed by atoms with Crippen LogP contribution in [0.25, 0.3) is 11.2 Å². The second-order valence-electron chi connectivity index (χ2n) is 17.0. The Morgan fingerprint density at radius 3 is 1.98 bits per heavy atom. The predicted octanol–water partition coefficient (Wildman–Crippen LogP) is 6.68. The predicted molar refractivity (Wildman–Crippen MR) is 239 cm³/mol. The van der Waals surface area contributed by atoms with E-state index in [4.69, 9.17) is 23.4 Å². The number of amides is 1. The summed E-state index contributed by atoms with van der Waals surface area (Å²) in [6.07, 6.45) is -1.46. The van der Waals surface area contributed by atoms with Crippen molar-refractivity contribution in [2.24, 2.45) is 5.92 Å². The van der Waals surface area contributed by atoms with Crippen LogP contribution in [0.4, 0.5) is 5.95 Å². The van der Waals surface area contributed by atoms with Crippen LogP contribution in [0.15, 0.2) is 132 Å². The zero-order valence-electron chi connectivity index (χ0n) is 36.1. The number of H-pyrrole nitrogens is 1. The number of ether oxygens (including phenoxy) is 4. The molecular weight excluding hydrogens is 803 g/mol. The van der Waals surface area contributed by atoms with Crippen molar-refractivity contribution in [3.05, 3.63) is 149 Å². The normalized spacial score (nSPS) is 19.2. The first-order chi connectivity index (χ1) is 29.8. The molecule has 0 radical (unpaired) electrons. The molecule has 0 saturated carbocycles. The molecule has 1 amide bonds. The first-order valence-corrected chi connectivity index (χ1v) is 22.9. The van der Waals surface area contributed by atoms with Crippen LogP contribution in [0.5, 0.6) is 0 Å². The number of hydrogen-bond donors (Lipinski definition) is 2. The Morgan fingerprint density at radius 1 is 0.871 bits per heavy atom. The Morgan fingerprint density at radius 2 is 1.44 bits per heavy atom. The molecule has 0 aliphatic carbocycles. The molecule has 2 N–H and O–H groups in total. The van der Waals surface area contributed by atoms with Crippen LogP contribution < -0.4 is 21.2 Å². The van der Waals surface area contributed by atoms with Crippen molar-refractivity contribution in [1.29, 1.82) is 0 Å². The molecular formula is C48H55N5O8Si. The summed E-state index contributed by atoms with van der Waals surface area (Å²) >= 11 is 0. The zero-order valence-corrected chi connectivity index (χ0v) is 37.1. The van der Waals surface area contributed by atoms with Crippen LogP contribution in [0.2, 0.25) is 5.04 Å². The van der Waals surface area contributed by atoms with Crippen LogP contribution in [-0.2, 0) is 46.2 Å². The van der Waals surface area contributed by atoms with E-state index in [1.807, 2.05) is 97.1 Å². The van der Waals surface area contributed by atoms with E-state index in [-0.39, 0.29) is 66.8 Å². The summed E-state index contributed by atoms with van der Waals surface area (Å²) in [6, 6.07) is 40.3. The van der Waals surface area contributed by atoms with Gasteiger partial charge < -0.3 is 23.4 Å². The molecule has 4 aromatic carbocycles. The average molecular weight is 858 g/mol. The number of nitrogens with one attached hydrogen (secondary N) is 2. The minimum Gasteiger partial charge on any atom is -0.455 e. The van der Waals surface area contributed by atoms with Crippen molar-refractivity contribution in [1.82, 2.24) is 19.5 Å². The number of imidazole rings is 1. The summed E-state index contributed by atoms with van der Waals surface area (Å²) in [4.78, 5) is 51.0. The second-order valence-corrected chi connectivity index (χ2v) is 21.3. The monoisotopic (exact) mass is 857 g/mol. The van der Waals surface area contributed by atoms with Crippen molar-refractivity contribution in [3.63, 3.8) is 0 Å². The Labute approximate surface area is 362 Å². The number of nitrogens with zero attached hydrogens (tertiary/aromatic N) is 3. The molecule has 2 aromatic heterocycles. The van der Waals surface area contributed by atoms with Crippen molar-refractivity contribution < 1.29 is 33.0 Å². The van der Waals surface area contributed by atoms with E-state index in [2.05, 4.69) is 65.3 Å². The highest BCUT2D eigenvalue weighted by atomic mass is 28.4. The molecule has 1 fully saturated rings. The number of rotatable bonds is 17. The van der Waals surface area contributed by atoms with Gasteiger partial charge in [-0.15, -0.1) is 0 Å². The first kappa shape index (κ1) is 44.3. The van der Waals surface area contributed by atoms with Crippen molar-refractivity contribution in [2.75, 3.05) is 18.5 Å². The maximum Gasteiger partial charge on any atom is 0.303 e. The second kappa shape index (κ2) is 19.1. The molecule has 1 unspecified atom stereocenters. The van der Waals surface area contributed by atoms with Gasteiger partial charge in [0.1, 0.15) is 11.7 Å². The Hall–Kier alpha value is -5.77. The lowest BCUT2D eigenvalue weighted by atomic mass is 9.92. The number of esters is 1. The lowest BCUT2D eigenvalue weighted by Gasteiger charge is -2.44. The molecule has 1 aliphatic rings. The molecule has 1 aliphatic heterocycles. The Kier molecular flexibility index (Phi) is 13.6. The number of carbonyl (C=O) groups excluding carboxylic acids is 2. The smallest absolute Gasteiger partial charge is 0.303 e. The summed E-state index contributed by atoms with van der Waals surface area (Å²) in [7, 11) is -3.04. The molecule has 7 rings (SSSR count). The summed E-state index contributed by atoms with van der Waals surface area (Å²) in [5.74, 6) is -1.34. The van der Waals surface area contributed by atoms with Crippen LogP contribution in [0.1, 0.15) is 65.3 Å². The van der Waals surface area contributed by atoms with Crippen molar-refractivity contribution in [2.45, 2.75) is 90.3 Å². The topological polar surface area (TPSA) is 156 Å². The van der Waals surface area contributed by atoms with Crippen LogP contribution in [0.3, 0.4) is 0 Å². The lowest BCUT2D eigenvalue weighted by molar-refractivity contribution is -0.164. The molecule has 6 aromatic rings. The number of aromatic amines is 1. The van der Waals surface area contributed by atoms with Crippen LogP contribution in [-0.4, -0.2) is 70.7 Å². The number of anilines is 1. The fourth-order valence-electron chi connectivity index (χ4n) is 8.23. The first-order valence-electron chi connectivity index (χ1n) is 21.0. The van der Waals surface area contributed by atoms with E-state index in [1.54, 1.807) is 18.4 Å². The number of fused-ring (bicyclic) bond motifs is 1. The van der Waals surface area contributed by atoms with Gasteiger partial charge in [-0.3, -0.25) is 29.3 Å². The molecule has 0 bridgehead atoms. The summed E-state index contributed by atoms with van der Waals surface area (Å²) in [5.41, 5.74) is 0.0919. The van der Waals surface area contributed by atoms with Crippen LogP contribution in [0, 0.1) is 5.92 Å². The maximum atomic E-state index is 13.4. The standard InChI is InChI=1S/C48H55N5O8Si/c1-33(2)43(55)51-46-50-42-39(44(56)52-46)49-32-53(42)45-40(60-34(3)54)41(58-30-36-21-13-8-14-22-36)48(61-45,31-57-29-35-19-11-7-12-20-35)27-28-59-62(47(4,5)6,37-23-15-9-16-24-37)38-25-17-10-18-26-38/h7-26,32-33,40-41,45H,27-31H2,1-6H3,(H2,50,51,52,55,56)/t40-,41?,45+,48+/m0/s1. The lowest BCUT2D eigenvalue weighted by Crippen LogP contribution is -2.67. The van der Waals surface area contributed by atoms with Gasteiger partial charge in [0.25, 0.3) is 13.9 Å². The highest BCUT2D eigenvalue weighted by Gasteiger charge is 2.59. The van der Waals surface area contributed by atoms with E-state index in [1.165, 1.54) is 13.3 Å². The number of benzene rings is 4. The number of carbonyl (C=O) groups is 2. The molecule has 13 nitrogen and oxygen atoms in total. The number of aromatic nitrogens is 4. The van der Waals surface area contributed by atoms with E-state index in [0.717, 1.165) is 21.5 Å². The Bertz CT molecular complexity index is 2440. The Balaban J connectivity index is 1.35. The maximum absolute atomic E-state index is 13.4. The van der Waals surface area contributed by atoms with Gasteiger partial charge >= 0.3 is 5.97 Å². The van der Waals surface area contributed by atoms with Gasteiger partial charge in [0.05, 0.1) is 26.1 Å². The van der Waals surface area contributed by atoms with Gasteiger partial charge in [0.15, 0.2) is 23.5 Å². The van der Waals surface area contributed by atoms with E-state index in [9.17, 15) is 14.4 Å². The van der Waals surface area contributed by atoms with E-state index < -0.39 is 43.9 Å². The molecule has 1 saturated heterocycles. The fraction of sp³-hybridized carbons (Fsp3) is 0.354. The van der Waals surface area contributed by atoms with Gasteiger partial charge in [-0.05, 0) is 26.5 Å². The molecule has 14 heteroatoms. The van der Waals surface area contributed by atoms with Crippen LogP contribution >= 0.6 is 0 Å². The van der Waals surface area contributed by atoms with E-state index >= 15 is 0 Å². The molecule has 62 heavy (non-hydrogen) atoms. The third-order valence-corrected chi connectivity index (χ3v) is 16.3. The minimum atomic E-state index is -3.04. The van der Waals surface area contributed by atoms with Gasteiger partial charge in [-0.25, -0.2) is 4.98 Å². The molecule has 4 atom stereocenters. The fourth-order valence-corrected chi connectivity index (χ4v) is 12.8. The molecule has 0 spiro atoms. The minimum absolute atomic E-state index is 0.00678. The molecule has 324 valence electrons.